The first-order valence-electron chi connectivity index (χ1n) is 9.97. The van der Waals surface area contributed by atoms with E-state index >= 15 is 0 Å². The van der Waals surface area contributed by atoms with Gasteiger partial charge in [-0.15, -0.1) is 0 Å². The van der Waals surface area contributed by atoms with Gasteiger partial charge >= 0.3 is 5.97 Å². The van der Waals surface area contributed by atoms with Gasteiger partial charge < -0.3 is 9.26 Å². The van der Waals surface area contributed by atoms with Gasteiger partial charge in [0.2, 0.25) is 0 Å². The van der Waals surface area contributed by atoms with E-state index in [1.807, 2.05) is 15.5 Å². The molecule has 0 bridgehead atoms. The molecular formula is C20H39O3P. The van der Waals surface area contributed by atoms with Gasteiger partial charge in [-0.1, -0.05) is 90.4 Å². The first kappa shape index (κ1) is 23.6. The van der Waals surface area contributed by atoms with Crippen LogP contribution in [0.5, 0.6) is 0 Å². The molecule has 0 saturated carbocycles. The maximum Gasteiger partial charge on any atom is 0.337 e. The van der Waals surface area contributed by atoms with Crippen molar-refractivity contribution < 1.29 is 14.1 Å². The molecule has 0 aliphatic rings. The predicted molar refractivity (Wildman–Crippen MR) is 106 cm³/mol. The summed E-state index contributed by atoms with van der Waals surface area (Å²) in [5.74, 6) is -0.359. The average molecular weight is 359 g/mol. The molecular weight excluding hydrogens is 319 g/mol. The lowest BCUT2D eigenvalue weighted by Gasteiger charge is -2.02. The largest absolute Gasteiger partial charge is 0.433 e. The Kier molecular flexibility index (Phi) is 20.3. The highest BCUT2D eigenvalue weighted by Crippen LogP contribution is 2.13. The van der Waals surface area contributed by atoms with E-state index < -0.39 is 0 Å². The quantitative estimate of drug-likeness (QED) is 0.118. The summed E-state index contributed by atoms with van der Waals surface area (Å²) in [6.07, 6.45) is 23.6. The molecule has 0 saturated heterocycles. The smallest absolute Gasteiger partial charge is 0.337 e. The van der Waals surface area contributed by atoms with Gasteiger partial charge in [0.25, 0.3) is 0 Å². The van der Waals surface area contributed by atoms with Gasteiger partial charge in [0.15, 0.2) is 0 Å². The summed E-state index contributed by atoms with van der Waals surface area (Å²) in [6, 6.07) is 0. The predicted octanol–water partition coefficient (Wildman–Crippen LogP) is 6.72. The summed E-state index contributed by atoms with van der Waals surface area (Å²) in [4.78, 5) is 11.0. The van der Waals surface area contributed by atoms with Crippen LogP contribution in [0.2, 0.25) is 0 Å². The fourth-order valence-corrected chi connectivity index (χ4v) is 2.89. The number of carbonyl (C=O) groups is 1. The minimum atomic E-state index is -0.359. The minimum absolute atomic E-state index is 0.0200. The molecule has 0 aromatic rings. The Hall–Kier alpha value is -0.400. The van der Waals surface area contributed by atoms with Crippen LogP contribution < -0.4 is 0 Å². The summed E-state index contributed by atoms with van der Waals surface area (Å²) in [6.45, 7) is 2.25. The van der Waals surface area contributed by atoms with Gasteiger partial charge in [-0.2, -0.15) is 0 Å². The molecule has 4 heteroatoms. The zero-order chi connectivity index (χ0) is 17.7. The Balaban J connectivity index is 3.10. The molecule has 0 spiro atoms. The fourth-order valence-electron chi connectivity index (χ4n) is 2.75. The van der Waals surface area contributed by atoms with Gasteiger partial charge in [0.1, 0.15) is 6.61 Å². The Morgan fingerprint density at radius 2 is 1.25 bits per heavy atom. The number of carbonyl (C=O) groups excluding carboxylic acids is 1. The minimum Gasteiger partial charge on any atom is -0.433 e. The number of unbranched alkanes of at least 4 members (excludes halogenated alkanes) is 14. The van der Waals surface area contributed by atoms with Gasteiger partial charge in [-0.05, 0) is 18.9 Å². The Morgan fingerprint density at radius 1 is 0.792 bits per heavy atom. The van der Waals surface area contributed by atoms with Crippen molar-refractivity contribution in [3.05, 3.63) is 12.3 Å². The van der Waals surface area contributed by atoms with Gasteiger partial charge in [-0.3, -0.25) is 0 Å². The number of hydrogen-bond donors (Lipinski definition) is 0. The van der Waals surface area contributed by atoms with Crippen molar-refractivity contribution in [3.8, 4) is 0 Å². The molecule has 24 heavy (non-hydrogen) atoms. The Labute approximate surface area is 152 Å². The van der Waals surface area contributed by atoms with Gasteiger partial charge in [0.05, 0.1) is 6.26 Å². The van der Waals surface area contributed by atoms with E-state index in [2.05, 4.69) is 11.4 Å². The van der Waals surface area contributed by atoms with E-state index in [9.17, 15) is 4.79 Å². The van der Waals surface area contributed by atoms with E-state index in [-0.39, 0.29) is 12.6 Å². The highest BCUT2D eigenvalue weighted by atomic mass is 31.0. The molecule has 0 aliphatic carbocycles. The van der Waals surface area contributed by atoms with Crippen LogP contribution in [0.4, 0.5) is 0 Å². The monoisotopic (exact) mass is 358 g/mol. The third kappa shape index (κ3) is 19.6. The molecule has 0 aromatic heterocycles. The average Bonchev–Trinajstić information content (AvgIpc) is 2.58. The molecule has 3 nitrogen and oxygen atoms in total. The summed E-state index contributed by atoms with van der Waals surface area (Å²) in [5, 5.41) is 0. The maximum atomic E-state index is 11.0. The fraction of sp³-hybridized carbons (Fsp3) is 0.850. The summed E-state index contributed by atoms with van der Waals surface area (Å²) in [5.41, 5.74) is 0. The zero-order valence-corrected chi connectivity index (χ0v) is 16.9. The van der Waals surface area contributed by atoms with Crippen molar-refractivity contribution in [2.24, 2.45) is 0 Å². The molecule has 1 atom stereocenters. The van der Waals surface area contributed by atoms with Crippen molar-refractivity contribution in [2.45, 2.75) is 103 Å². The Bertz CT molecular complexity index is 293. The molecule has 0 heterocycles. The lowest BCUT2D eigenvalue weighted by Crippen LogP contribution is -2.05. The molecule has 1 unspecified atom stereocenters. The molecule has 0 radical (unpaired) electrons. The number of allylic oxidation sites excluding steroid dienone is 1. The van der Waals surface area contributed by atoms with Crippen molar-refractivity contribution >= 4 is 15.4 Å². The lowest BCUT2D eigenvalue weighted by molar-refractivity contribution is -0.140. The maximum absolute atomic E-state index is 11.0. The molecule has 0 aromatic carbocycles. The first-order chi connectivity index (χ1) is 11.8. The van der Waals surface area contributed by atoms with Crippen LogP contribution in [0.15, 0.2) is 12.3 Å². The van der Waals surface area contributed by atoms with Crippen LogP contribution in [0.3, 0.4) is 0 Å². The summed E-state index contributed by atoms with van der Waals surface area (Å²) >= 11 is 0. The number of ether oxygens (including phenoxy) is 1. The third-order valence-corrected chi connectivity index (χ3v) is 4.39. The van der Waals surface area contributed by atoms with E-state index in [1.54, 1.807) is 0 Å². The topological polar surface area (TPSA) is 35.5 Å². The van der Waals surface area contributed by atoms with Crippen LogP contribution in [-0.4, -0.2) is 12.6 Å². The van der Waals surface area contributed by atoms with Crippen LogP contribution in [0.25, 0.3) is 0 Å². The van der Waals surface area contributed by atoms with Crippen LogP contribution in [0, 0.1) is 0 Å². The van der Waals surface area contributed by atoms with Gasteiger partial charge in [0, 0.05) is 9.47 Å². The molecule has 0 aliphatic heterocycles. The standard InChI is InChI=1S/C20H39O3P/c1-2-3-4-5-6-7-8-9-10-11-12-13-14-15-16-17-18-22-20(21)19-23-24/h17-18H,2-16,19,24H2,1H3. The molecule has 0 rings (SSSR count). The lowest BCUT2D eigenvalue weighted by atomic mass is 10.0. The molecule has 0 N–H and O–H groups in total. The van der Waals surface area contributed by atoms with Gasteiger partial charge in [-0.25, -0.2) is 4.79 Å². The normalized spacial score (nSPS) is 11.2. The number of esters is 1. The van der Waals surface area contributed by atoms with Crippen molar-refractivity contribution in [3.63, 3.8) is 0 Å². The Morgan fingerprint density at radius 3 is 1.71 bits per heavy atom. The van der Waals surface area contributed by atoms with Crippen molar-refractivity contribution in [2.75, 3.05) is 6.61 Å². The van der Waals surface area contributed by atoms with Crippen LogP contribution >= 0.6 is 9.47 Å². The van der Waals surface area contributed by atoms with Crippen molar-refractivity contribution in [1.82, 2.24) is 0 Å². The van der Waals surface area contributed by atoms with E-state index in [0.717, 1.165) is 6.42 Å². The van der Waals surface area contributed by atoms with E-state index in [4.69, 9.17) is 4.74 Å². The van der Waals surface area contributed by atoms with Crippen LogP contribution in [0.1, 0.15) is 103 Å². The number of rotatable bonds is 18. The highest BCUT2D eigenvalue weighted by molar-refractivity contribution is 7.09. The number of hydrogen-bond acceptors (Lipinski definition) is 3. The highest BCUT2D eigenvalue weighted by Gasteiger charge is 1.97. The second-order valence-electron chi connectivity index (χ2n) is 6.56. The summed E-state index contributed by atoms with van der Waals surface area (Å²) < 4.78 is 9.44. The molecule has 0 amide bonds. The van der Waals surface area contributed by atoms with E-state index in [0.29, 0.717) is 0 Å². The second kappa shape index (κ2) is 20.6. The SMILES string of the molecule is CCCCCCCCCCCCCCCCC=COC(=O)COP. The molecule has 142 valence electrons. The van der Waals surface area contributed by atoms with Crippen molar-refractivity contribution in [1.29, 1.82) is 0 Å². The first-order valence-corrected chi connectivity index (χ1v) is 10.4. The summed E-state index contributed by atoms with van der Waals surface area (Å²) in [7, 11) is 2.03. The second-order valence-corrected chi connectivity index (χ2v) is 6.89. The molecule has 0 fully saturated rings. The van der Waals surface area contributed by atoms with E-state index in [1.165, 1.54) is 96.2 Å². The zero-order valence-electron chi connectivity index (χ0n) is 15.8. The third-order valence-electron chi connectivity index (χ3n) is 4.22. The van der Waals surface area contributed by atoms with Crippen LogP contribution in [-0.2, 0) is 14.1 Å².